The lowest BCUT2D eigenvalue weighted by Crippen LogP contribution is -2.52. The average molecular weight is 162 g/mol. The second-order valence-corrected chi connectivity index (χ2v) is 2.84. The van der Waals surface area contributed by atoms with Crippen molar-refractivity contribution in [1.29, 1.82) is 0 Å². The Bertz CT molecular complexity index is 161. The monoisotopic (exact) mass is 162 g/mol. The summed E-state index contributed by atoms with van der Waals surface area (Å²) in [5.41, 5.74) is 0. The molecule has 3 N–H and O–H groups in total. The molecule has 5 heteroatoms. The van der Waals surface area contributed by atoms with Crippen LogP contribution in [0, 0.1) is 0 Å². The Morgan fingerprint density at radius 1 is 1.09 bits per heavy atom. The molecule has 0 saturated carbocycles. The van der Waals surface area contributed by atoms with Crippen LogP contribution in [-0.4, -0.2) is 52.6 Å². The molecule has 0 aromatic carbocycles. The third-order valence-electron chi connectivity index (χ3n) is 2.11. The molecule has 0 spiro atoms. The maximum atomic E-state index is 9.28. The summed E-state index contributed by atoms with van der Waals surface area (Å²) in [5, 5.41) is 27.5. The molecule has 0 aromatic rings. The molecule has 2 heterocycles. The predicted molar refractivity (Wildman–Crippen MR) is 32.6 cm³/mol. The molecule has 0 aliphatic carbocycles. The Balaban J connectivity index is 2.16. The van der Waals surface area contributed by atoms with E-state index in [1.54, 1.807) is 0 Å². The normalized spacial score (nSPS) is 56.5. The first-order valence-corrected chi connectivity index (χ1v) is 3.51. The van der Waals surface area contributed by atoms with E-state index in [0.717, 1.165) is 0 Å². The van der Waals surface area contributed by atoms with Crippen LogP contribution >= 0.6 is 0 Å². The topological polar surface area (TPSA) is 79.2 Å². The van der Waals surface area contributed by atoms with Crippen LogP contribution in [0.3, 0.4) is 0 Å². The molecule has 2 fully saturated rings. The zero-order valence-corrected chi connectivity index (χ0v) is 5.75. The van der Waals surface area contributed by atoms with Gasteiger partial charge < -0.3 is 24.8 Å². The summed E-state index contributed by atoms with van der Waals surface area (Å²) >= 11 is 0. The van der Waals surface area contributed by atoms with Gasteiger partial charge in [-0.05, 0) is 0 Å². The molecule has 5 atom stereocenters. The van der Waals surface area contributed by atoms with E-state index < -0.39 is 30.7 Å². The van der Waals surface area contributed by atoms with Crippen molar-refractivity contribution in [2.24, 2.45) is 0 Å². The van der Waals surface area contributed by atoms with Gasteiger partial charge in [0.2, 0.25) is 0 Å². The summed E-state index contributed by atoms with van der Waals surface area (Å²) in [6.07, 6.45) is -4.35. The average Bonchev–Trinajstić information content (AvgIpc) is 2.23. The van der Waals surface area contributed by atoms with Crippen LogP contribution in [0.15, 0.2) is 0 Å². The van der Waals surface area contributed by atoms with Crippen LogP contribution in [-0.2, 0) is 9.47 Å². The lowest BCUT2D eigenvalue weighted by molar-refractivity contribution is -0.242. The molecule has 64 valence electrons. The van der Waals surface area contributed by atoms with Gasteiger partial charge in [-0.25, -0.2) is 0 Å². The van der Waals surface area contributed by atoms with Gasteiger partial charge in [0.1, 0.15) is 24.4 Å². The summed E-state index contributed by atoms with van der Waals surface area (Å²) in [7, 11) is 0. The van der Waals surface area contributed by atoms with Crippen molar-refractivity contribution in [2.75, 3.05) is 6.61 Å². The van der Waals surface area contributed by atoms with E-state index in [1.165, 1.54) is 0 Å². The minimum Gasteiger partial charge on any atom is -0.387 e. The molecule has 2 aliphatic rings. The maximum Gasteiger partial charge on any atom is 0.184 e. The highest BCUT2D eigenvalue weighted by atomic mass is 16.7. The third kappa shape index (κ3) is 0.969. The molecule has 2 aliphatic heterocycles. The van der Waals surface area contributed by atoms with Crippen LogP contribution in [0.2, 0.25) is 0 Å². The van der Waals surface area contributed by atoms with Gasteiger partial charge in [-0.1, -0.05) is 0 Å². The van der Waals surface area contributed by atoms with Crippen LogP contribution in [0.25, 0.3) is 0 Å². The summed E-state index contributed by atoms with van der Waals surface area (Å²) in [4.78, 5) is 0. The minimum absolute atomic E-state index is 0.236. The van der Waals surface area contributed by atoms with E-state index in [0.29, 0.717) is 0 Å². The van der Waals surface area contributed by atoms with E-state index in [9.17, 15) is 10.2 Å². The van der Waals surface area contributed by atoms with E-state index in [2.05, 4.69) is 0 Å². The van der Waals surface area contributed by atoms with Gasteiger partial charge in [0, 0.05) is 0 Å². The molecule has 0 radical (unpaired) electrons. The highest BCUT2D eigenvalue weighted by Gasteiger charge is 2.49. The second kappa shape index (κ2) is 2.40. The lowest BCUT2D eigenvalue weighted by atomic mass is 10.0. The van der Waals surface area contributed by atoms with Crippen LogP contribution in [0.4, 0.5) is 0 Å². The molecule has 0 amide bonds. The van der Waals surface area contributed by atoms with Crippen molar-refractivity contribution >= 4 is 0 Å². The van der Waals surface area contributed by atoms with E-state index in [-0.39, 0.29) is 6.61 Å². The fourth-order valence-electron chi connectivity index (χ4n) is 1.46. The van der Waals surface area contributed by atoms with Crippen molar-refractivity contribution in [3.05, 3.63) is 0 Å². The number of aliphatic hydroxyl groups excluding tert-OH is 3. The van der Waals surface area contributed by atoms with E-state index >= 15 is 0 Å². The summed E-state index contributed by atoms with van der Waals surface area (Å²) < 4.78 is 9.82. The Morgan fingerprint density at radius 2 is 1.82 bits per heavy atom. The number of ether oxygens (including phenoxy) is 2. The van der Waals surface area contributed by atoms with Gasteiger partial charge in [0.05, 0.1) is 6.61 Å². The number of aliphatic hydroxyl groups is 3. The summed E-state index contributed by atoms with van der Waals surface area (Å²) in [6, 6.07) is 0. The molecule has 0 aromatic heterocycles. The van der Waals surface area contributed by atoms with E-state index in [1.807, 2.05) is 0 Å². The molecule has 5 nitrogen and oxygen atoms in total. The summed E-state index contributed by atoms with van der Waals surface area (Å²) in [6.45, 7) is 0.236. The van der Waals surface area contributed by atoms with Crippen molar-refractivity contribution in [2.45, 2.75) is 30.7 Å². The molecule has 11 heavy (non-hydrogen) atoms. The zero-order chi connectivity index (χ0) is 8.01. The minimum atomic E-state index is -1.23. The van der Waals surface area contributed by atoms with Gasteiger partial charge in [-0.3, -0.25) is 0 Å². The molecular weight excluding hydrogens is 152 g/mol. The predicted octanol–water partition coefficient (Wildman–Crippen LogP) is -2.18. The van der Waals surface area contributed by atoms with Gasteiger partial charge in [-0.2, -0.15) is 0 Å². The zero-order valence-electron chi connectivity index (χ0n) is 5.75. The summed E-state index contributed by atoms with van der Waals surface area (Å²) in [5.74, 6) is 0. The molecule has 0 unspecified atom stereocenters. The van der Waals surface area contributed by atoms with Crippen molar-refractivity contribution in [1.82, 2.24) is 0 Å². The number of fused-ring (bicyclic) bond motifs is 2. The molecule has 2 bridgehead atoms. The first kappa shape index (κ1) is 7.45. The Kier molecular flexibility index (Phi) is 1.62. The Hall–Kier alpha value is -0.200. The first-order chi connectivity index (χ1) is 5.20. The lowest BCUT2D eigenvalue weighted by Gasteiger charge is -2.31. The van der Waals surface area contributed by atoms with Gasteiger partial charge in [-0.15, -0.1) is 0 Å². The van der Waals surface area contributed by atoms with Crippen LogP contribution in [0.1, 0.15) is 0 Å². The van der Waals surface area contributed by atoms with Crippen molar-refractivity contribution in [3.63, 3.8) is 0 Å². The van der Waals surface area contributed by atoms with Crippen LogP contribution < -0.4 is 0 Å². The fraction of sp³-hybridized carbons (Fsp3) is 1.00. The third-order valence-corrected chi connectivity index (χ3v) is 2.11. The van der Waals surface area contributed by atoms with E-state index in [4.69, 9.17) is 14.6 Å². The highest BCUT2D eigenvalue weighted by Crippen LogP contribution is 2.28. The Labute approximate surface area is 63.2 Å². The standard InChI is InChI=1S/C6H10O5/c7-3-2-1-10-5(3)4(8)6(9)11-2/h2-9H,1H2/t2-,3+,4-,5-,6+/m1/s1. The SMILES string of the molecule is O[C@@H]1[C@@H]2OC[C@@H](O[C@@H]1O)[C@@H]2O. The highest BCUT2D eigenvalue weighted by molar-refractivity contribution is 4.94. The number of hydrogen-bond acceptors (Lipinski definition) is 5. The smallest absolute Gasteiger partial charge is 0.184 e. The van der Waals surface area contributed by atoms with Gasteiger partial charge in [0.15, 0.2) is 6.29 Å². The van der Waals surface area contributed by atoms with Crippen LogP contribution in [0.5, 0.6) is 0 Å². The van der Waals surface area contributed by atoms with Gasteiger partial charge in [0.25, 0.3) is 0 Å². The van der Waals surface area contributed by atoms with Crippen molar-refractivity contribution < 1.29 is 24.8 Å². The maximum absolute atomic E-state index is 9.28. The first-order valence-electron chi connectivity index (χ1n) is 3.51. The molecule has 2 rings (SSSR count). The fourth-order valence-corrected chi connectivity index (χ4v) is 1.46. The Morgan fingerprint density at radius 3 is 2.55 bits per heavy atom. The van der Waals surface area contributed by atoms with Crippen molar-refractivity contribution in [3.8, 4) is 0 Å². The number of hydrogen-bond donors (Lipinski definition) is 3. The largest absolute Gasteiger partial charge is 0.387 e. The number of rotatable bonds is 0. The van der Waals surface area contributed by atoms with Gasteiger partial charge >= 0.3 is 0 Å². The molecular formula is C6H10O5. The second-order valence-electron chi connectivity index (χ2n) is 2.84. The quantitative estimate of drug-likeness (QED) is 0.377. The molecule has 2 saturated heterocycles.